The van der Waals surface area contributed by atoms with Crippen LogP contribution < -0.4 is 15.6 Å². The van der Waals surface area contributed by atoms with E-state index >= 15 is 0 Å². The van der Waals surface area contributed by atoms with E-state index in [1.807, 2.05) is 0 Å². The van der Waals surface area contributed by atoms with Gasteiger partial charge in [-0.2, -0.15) is 0 Å². The van der Waals surface area contributed by atoms with Crippen molar-refractivity contribution in [1.29, 1.82) is 0 Å². The van der Waals surface area contributed by atoms with Gasteiger partial charge in [-0.05, 0) is 24.6 Å². The molecule has 140 valence electrons. The van der Waals surface area contributed by atoms with Gasteiger partial charge in [-0.1, -0.05) is 24.3 Å². The number of fused-ring (bicyclic) bond motifs is 1. The summed E-state index contributed by atoms with van der Waals surface area (Å²) < 4.78 is 42.5. The Balaban J connectivity index is 1.82. The summed E-state index contributed by atoms with van der Waals surface area (Å²) in [6, 6.07) is 8.84. The Hall–Kier alpha value is -3.36. The Bertz CT molecular complexity index is 1060. The minimum absolute atomic E-state index is 0.118. The Morgan fingerprint density at radius 1 is 1.22 bits per heavy atom. The Labute approximate surface area is 151 Å². The highest BCUT2D eigenvalue weighted by atomic mass is 19.4. The average Bonchev–Trinajstić information content (AvgIpc) is 2.60. The number of nitrogens with zero attached hydrogens (tertiary/aromatic N) is 2. The van der Waals surface area contributed by atoms with E-state index in [9.17, 15) is 22.8 Å². The number of amides is 1. The quantitative estimate of drug-likeness (QED) is 0.759. The number of rotatable bonds is 4. The second kappa shape index (κ2) is 7.10. The summed E-state index contributed by atoms with van der Waals surface area (Å²) in [6.07, 6.45) is -2.16. The van der Waals surface area contributed by atoms with Gasteiger partial charge in [0.05, 0.1) is 0 Å². The van der Waals surface area contributed by atoms with Crippen LogP contribution in [0.25, 0.3) is 5.65 Å². The third kappa shape index (κ3) is 4.25. The van der Waals surface area contributed by atoms with Crippen LogP contribution in [0.1, 0.15) is 21.5 Å². The first kappa shape index (κ1) is 18.4. The van der Waals surface area contributed by atoms with Crippen molar-refractivity contribution in [2.45, 2.75) is 19.8 Å². The molecule has 0 bridgehead atoms. The fraction of sp³-hybridized carbons (Fsp3) is 0.167. The zero-order valence-electron chi connectivity index (χ0n) is 14.1. The van der Waals surface area contributed by atoms with E-state index in [-0.39, 0.29) is 17.7 Å². The molecule has 0 saturated heterocycles. The second-order valence-electron chi connectivity index (χ2n) is 5.75. The molecule has 6 nitrogen and oxygen atoms in total. The molecule has 0 spiro atoms. The first-order valence-electron chi connectivity index (χ1n) is 7.84. The van der Waals surface area contributed by atoms with E-state index in [4.69, 9.17) is 0 Å². The molecule has 3 aromatic rings. The molecule has 0 fully saturated rings. The third-order valence-electron chi connectivity index (χ3n) is 3.73. The highest BCUT2D eigenvalue weighted by Gasteiger charge is 2.32. The number of ether oxygens (including phenoxy) is 1. The molecule has 3 rings (SSSR count). The van der Waals surface area contributed by atoms with E-state index in [0.29, 0.717) is 5.65 Å². The number of pyridine rings is 1. The summed E-state index contributed by atoms with van der Waals surface area (Å²) in [5.41, 5.74) is 0.523. The molecule has 1 aromatic carbocycles. The molecule has 0 aliphatic carbocycles. The summed E-state index contributed by atoms with van der Waals surface area (Å²) >= 11 is 0. The van der Waals surface area contributed by atoms with Gasteiger partial charge in [0.2, 0.25) is 0 Å². The normalized spacial score (nSPS) is 11.4. The molecule has 1 amide bonds. The van der Waals surface area contributed by atoms with Crippen LogP contribution in [0.5, 0.6) is 5.75 Å². The number of hydrogen-bond acceptors (Lipinski definition) is 4. The number of para-hydroxylation sites is 1. The van der Waals surface area contributed by atoms with Crippen LogP contribution in [0, 0.1) is 6.92 Å². The van der Waals surface area contributed by atoms with Gasteiger partial charge in [-0.15, -0.1) is 13.2 Å². The van der Waals surface area contributed by atoms with Crippen molar-refractivity contribution in [2.24, 2.45) is 0 Å². The number of carbonyl (C=O) groups excluding carboxylic acids is 1. The van der Waals surface area contributed by atoms with E-state index in [1.54, 1.807) is 25.3 Å². The minimum atomic E-state index is -4.85. The molecule has 0 aliphatic heterocycles. The average molecular weight is 377 g/mol. The Kier molecular flexibility index (Phi) is 4.85. The summed E-state index contributed by atoms with van der Waals surface area (Å²) in [4.78, 5) is 28.9. The number of aryl methyl sites for hydroxylation is 1. The van der Waals surface area contributed by atoms with Crippen molar-refractivity contribution in [3.8, 4) is 5.75 Å². The van der Waals surface area contributed by atoms with Gasteiger partial charge in [0, 0.05) is 24.5 Å². The molecule has 0 saturated carbocycles. The van der Waals surface area contributed by atoms with Crippen LogP contribution in [0.4, 0.5) is 13.2 Å². The van der Waals surface area contributed by atoms with Crippen LogP contribution in [0.3, 0.4) is 0 Å². The molecule has 0 atom stereocenters. The number of benzene rings is 1. The zero-order valence-corrected chi connectivity index (χ0v) is 14.1. The van der Waals surface area contributed by atoms with Crippen molar-refractivity contribution in [3.05, 3.63) is 75.8 Å². The Morgan fingerprint density at radius 3 is 2.70 bits per heavy atom. The summed E-state index contributed by atoms with van der Waals surface area (Å²) in [7, 11) is 0. The standard InChI is InChI=1S/C18H14F3N3O3/c1-11-6-7-15-22-9-13(17(26)24(15)10-11)16(25)23-8-12-4-2-3-5-14(12)27-18(19,20)21/h2-7,9-10H,8H2,1H3,(H,23,25). The summed E-state index contributed by atoms with van der Waals surface area (Å²) in [5.74, 6) is -1.17. The van der Waals surface area contributed by atoms with E-state index < -0.39 is 23.6 Å². The SMILES string of the molecule is Cc1ccc2ncc(C(=O)NCc3ccccc3OC(F)(F)F)c(=O)n2c1. The highest BCUT2D eigenvalue weighted by Crippen LogP contribution is 2.26. The first-order valence-corrected chi connectivity index (χ1v) is 7.84. The number of carbonyl (C=O) groups is 1. The number of nitrogens with one attached hydrogen (secondary N) is 1. The van der Waals surface area contributed by atoms with Crippen LogP contribution >= 0.6 is 0 Å². The number of hydrogen-bond donors (Lipinski definition) is 1. The molecule has 0 unspecified atom stereocenters. The van der Waals surface area contributed by atoms with Crippen molar-refractivity contribution >= 4 is 11.6 Å². The van der Waals surface area contributed by atoms with Gasteiger partial charge in [0.25, 0.3) is 11.5 Å². The van der Waals surface area contributed by atoms with Crippen LogP contribution in [0.2, 0.25) is 0 Å². The van der Waals surface area contributed by atoms with Crippen molar-refractivity contribution in [3.63, 3.8) is 0 Å². The highest BCUT2D eigenvalue weighted by molar-refractivity contribution is 5.93. The lowest BCUT2D eigenvalue weighted by molar-refractivity contribution is -0.274. The van der Waals surface area contributed by atoms with Crippen molar-refractivity contribution in [1.82, 2.24) is 14.7 Å². The molecule has 9 heteroatoms. The molecular weight excluding hydrogens is 363 g/mol. The van der Waals surface area contributed by atoms with Crippen molar-refractivity contribution < 1.29 is 22.7 Å². The van der Waals surface area contributed by atoms with Crippen LogP contribution in [-0.2, 0) is 6.54 Å². The topological polar surface area (TPSA) is 72.7 Å². The molecule has 0 aliphatic rings. The van der Waals surface area contributed by atoms with Gasteiger partial charge in [0.15, 0.2) is 0 Å². The maximum atomic E-state index is 12.5. The third-order valence-corrected chi connectivity index (χ3v) is 3.73. The van der Waals surface area contributed by atoms with Gasteiger partial charge >= 0.3 is 6.36 Å². The molecule has 0 radical (unpaired) electrons. The number of aromatic nitrogens is 2. The van der Waals surface area contributed by atoms with Gasteiger partial charge in [-0.3, -0.25) is 14.0 Å². The van der Waals surface area contributed by atoms with Gasteiger partial charge in [0.1, 0.15) is 17.0 Å². The molecule has 2 aromatic heterocycles. The Morgan fingerprint density at radius 2 is 1.96 bits per heavy atom. The fourth-order valence-corrected chi connectivity index (χ4v) is 2.48. The molecule has 1 N–H and O–H groups in total. The maximum absolute atomic E-state index is 12.5. The second-order valence-corrected chi connectivity index (χ2v) is 5.75. The van der Waals surface area contributed by atoms with Gasteiger partial charge in [-0.25, -0.2) is 4.98 Å². The first-order chi connectivity index (χ1) is 12.7. The van der Waals surface area contributed by atoms with Crippen LogP contribution in [-0.4, -0.2) is 21.7 Å². The summed E-state index contributed by atoms with van der Waals surface area (Å²) in [5, 5.41) is 2.42. The summed E-state index contributed by atoms with van der Waals surface area (Å²) in [6.45, 7) is 1.54. The van der Waals surface area contributed by atoms with Gasteiger partial charge < -0.3 is 10.1 Å². The van der Waals surface area contributed by atoms with E-state index in [2.05, 4.69) is 15.0 Å². The lowest BCUT2D eigenvalue weighted by Crippen LogP contribution is -2.31. The predicted molar refractivity (Wildman–Crippen MR) is 90.5 cm³/mol. The lowest BCUT2D eigenvalue weighted by atomic mass is 10.2. The minimum Gasteiger partial charge on any atom is -0.405 e. The smallest absolute Gasteiger partial charge is 0.405 e. The monoisotopic (exact) mass is 377 g/mol. The molecule has 2 heterocycles. The van der Waals surface area contributed by atoms with Crippen molar-refractivity contribution in [2.75, 3.05) is 0 Å². The van der Waals surface area contributed by atoms with E-state index in [0.717, 1.165) is 17.8 Å². The largest absolute Gasteiger partial charge is 0.573 e. The zero-order chi connectivity index (χ0) is 19.6. The fourth-order valence-electron chi connectivity index (χ4n) is 2.48. The number of halogens is 3. The number of alkyl halides is 3. The molecule has 27 heavy (non-hydrogen) atoms. The lowest BCUT2D eigenvalue weighted by Gasteiger charge is -2.13. The van der Waals surface area contributed by atoms with Crippen LogP contribution in [0.15, 0.2) is 53.6 Å². The molecular formula is C18H14F3N3O3. The maximum Gasteiger partial charge on any atom is 0.573 e. The van der Waals surface area contributed by atoms with E-state index in [1.165, 1.54) is 22.6 Å². The predicted octanol–water partition coefficient (Wildman–Crippen LogP) is 2.83.